The van der Waals surface area contributed by atoms with Crippen molar-refractivity contribution in [2.75, 3.05) is 14.2 Å². The lowest BCUT2D eigenvalue weighted by Gasteiger charge is -2.13. The molecule has 0 fully saturated rings. The predicted molar refractivity (Wildman–Crippen MR) is 69.7 cm³/mol. The van der Waals surface area contributed by atoms with E-state index in [-0.39, 0.29) is 6.04 Å². The first kappa shape index (κ1) is 13.7. The minimum absolute atomic E-state index is 0.0156. The van der Waals surface area contributed by atoms with Crippen LogP contribution in [0.1, 0.15) is 12.5 Å². The summed E-state index contributed by atoms with van der Waals surface area (Å²) in [5.74, 6) is 3.76. The second kappa shape index (κ2) is 6.39. The van der Waals surface area contributed by atoms with E-state index in [0.717, 1.165) is 5.56 Å². The Morgan fingerprint density at radius 3 is 2.65 bits per heavy atom. The quantitative estimate of drug-likeness (QED) is 0.818. The molecule has 0 aromatic heterocycles. The lowest BCUT2D eigenvalue weighted by atomic mass is 10.2. The largest absolute Gasteiger partial charge is 0.493 e. The van der Waals surface area contributed by atoms with Crippen molar-refractivity contribution in [2.24, 2.45) is 0 Å². The molecule has 0 radical (unpaired) electrons. The zero-order valence-corrected chi connectivity index (χ0v) is 11.0. The third-order valence-electron chi connectivity index (χ3n) is 2.36. The van der Waals surface area contributed by atoms with Gasteiger partial charge < -0.3 is 9.47 Å². The van der Waals surface area contributed by atoms with Crippen LogP contribution in [0, 0.1) is 12.3 Å². The highest BCUT2D eigenvalue weighted by Gasteiger charge is 2.10. The van der Waals surface area contributed by atoms with Crippen molar-refractivity contribution < 1.29 is 9.47 Å². The van der Waals surface area contributed by atoms with Gasteiger partial charge in [0, 0.05) is 6.54 Å². The van der Waals surface area contributed by atoms with Crippen molar-refractivity contribution in [3.63, 3.8) is 0 Å². The van der Waals surface area contributed by atoms with Crippen LogP contribution in [-0.4, -0.2) is 20.3 Å². The number of methoxy groups -OCH3 is 2. The summed E-state index contributed by atoms with van der Waals surface area (Å²) in [6.07, 6.45) is 5.28. The Hall–Kier alpha value is -1.37. The van der Waals surface area contributed by atoms with E-state index < -0.39 is 0 Å². The summed E-state index contributed by atoms with van der Waals surface area (Å²) in [6, 6.07) is 3.72. The summed E-state index contributed by atoms with van der Waals surface area (Å²) < 4.78 is 10.4. The van der Waals surface area contributed by atoms with E-state index >= 15 is 0 Å². The number of hydrogen-bond donors (Lipinski definition) is 1. The molecular formula is C13H16ClNO2. The van der Waals surface area contributed by atoms with Gasteiger partial charge in [-0.1, -0.05) is 17.5 Å². The lowest BCUT2D eigenvalue weighted by molar-refractivity contribution is 0.354. The molecule has 1 atom stereocenters. The van der Waals surface area contributed by atoms with Gasteiger partial charge >= 0.3 is 0 Å². The Morgan fingerprint density at radius 2 is 2.12 bits per heavy atom. The van der Waals surface area contributed by atoms with E-state index in [0.29, 0.717) is 23.1 Å². The first-order valence-electron chi connectivity index (χ1n) is 5.22. The third kappa shape index (κ3) is 3.55. The smallest absolute Gasteiger partial charge is 0.179 e. The first-order valence-corrected chi connectivity index (χ1v) is 5.60. The minimum Gasteiger partial charge on any atom is -0.493 e. The summed E-state index contributed by atoms with van der Waals surface area (Å²) >= 11 is 6.09. The number of rotatable bonds is 5. The number of hydrogen-bond acceptors (Lipinski definition) is 3. The topological polar surface area (TPSA) is 30.5 Å². The second-order valence-corrected chi connectivity index (χ2v) is 3.99. The Morgan fingerprint density at radius 1 is 1.41 bits per heavy atom. The van der Waals surface area contributed by atoms with Crippen LogP contribution in [0.25, 0.3) is 0 Å². The fourth-order valence-electron chi connectivity index (χ4n) is 1.40. The van der Waals surface area contributed by atoms with Gasteiger partial charge in [-0.05, 0) is 24.6 Å². The van der Waals surface area contributed by atoms with Crippen molar-refractivity contribution in [1.29, 1.82) is 0 Å². The van der Waals surface area contributed by atoms with Gasteiger partial charge in [-0.2, -0.15) is 0 Å². The van der Waals surface area contributed by atoms with Crippen molar-refractivity contribution in [1.82, 2.24) is 5.32 Å². The first-order chi connectivity index (χ1) is 8.12. The van der Waals surface area contributed by atoms with E-state index in [1.807, 2.05) is 19.1 Å². The van der Waals surface area contributed by atoms with Crippen LogP contribution in [0.2, 0.25) is 5.02 Å². The molecule has 0 spiro atoms. The van der Waals surface area contributed by atoms with Gasteiger partial charge in [0.25, 0.3) is 0 Å². The maximum Gasteiger partial charge on any atom is 0.179 e. The summed E-state index contributed by atoms with van der Waals surface area (Å²) in [4.78, 5) is 0. The van der Waals surface area contributed by atoms with E-state index in [1.165, 1.54) is 0 Å². The predicted octanol–water partition coefficient (Wildman–Crippen LogP) is 2.47. The molecule has 4 heteroatoms. The SMILES string of the molecule is C#CC(C)NCc1cc(Cl)c(OC)c(OC)c1. The molecule has 1 N–H and O–H groups in total. The van der Waals surface area contributed by atoms with Crippen LogP contribution < -0.4 is 14.8 Å². The Bertz CT molecular complexity index is 426. The fraction of sp³-hybridized carbons (Fsp3) is 0.385. The molecule has 92 valence electrons. The molecule has 0 aliphatic carbocycles. The summed E-state index contributed by atoms with van der Waals surface area (Å²) in [6.45, 7) is 2.55. The fourth-order valence-corrected chi connectivity index (χ4v) is 1.71. The van der Waals surface area contributed by atoms with Crippen LogP contribution in [0.3, 0.4) is 0 Å². The van der Waals surface area contributed by atoms with E-state index in [4.69, 9.17) is 27.5 Å². The Balaban J connectivity index is 2.89. The van der Waals surface area contributed by atoms with E-state index in [2.05, 4.69) is 11.2 Å². The van der Waals surface area contributed by atoms with E-state index in [9.17, 15) is 0 Å². The maximum atomic E-state index is 6.09. The van der Waals surface area contributed by atoms with Crippen molar-refractivity contribution in [3.05, 3.63) is 22.7 Å². The van der Waals surface area contributed by atoms with E-state index in [1.54, 1.807) is 14.2 Å². The maximum absolute atomic E-state index is 6.09. The number of halogens is 1. The molecule has 0 heterocycles. The standard InChI is InChI=1S/C13H16ClNO2/c1-5-9(2)15-8-10-6-11(14)13(17-4)12(7-10)16-3/h1,6-7,9,15H,8H2,2-4H3. The number of benzene rings is 1. The molecule has 1 unspecified atom stereocenters. The van der Waals surface area contributed by atoms with Gasteiger partial charge in [0.2, 0.25) is 0 Å². The average molecular weight is 254 g/mol. The van der Waals surface area contributed by atoms with Gasteiger partial charge in [-0.15, -0.1) is 6.42 Å². The Labute approximate surface area is 107 Å². The average Bonchev–Trinajstić information content (AvgIpc) is 2.34. The molecule has 0 amide bonds. The number of terminal acetylenes is 1. The number of nitrogens with one attached hydrogen (secondary N) is 1. The van der Waals surface area contributed by atoms with Gasteiger partial charge in [-0.3, -0.25) is 5.32 Å². The highest BCUT2D eigenvalue weighted by atomic mass is 35.5. The van der Waals surface area contributed by atoms with Crippen LogP contribution in [0.5, 0.6) is 11.5 Å². The second-order valence-electron chi connectivity index (χ2n) is 3.58. The summed E-state index contributed by atoms with van der Waals surface area (Å²) in [7, 11) is 3.14. The molecule has 0 saturated carbocycles. The monoisotopic (exact) mass is 253 g/mol. The van der Waals surface area contributed by atoms with Gasteiger partial charge in [0.1, 0.15) is 0 Å². The summed E-state index contributed by atoms with van der Waals surface area (Å²) in [5, 5.41) is 3.70. The normalized spacial score (nSPS) is 11.7. The van der Waals surface area contributed by atoms with Crippen LogP contribution in [-0.2, 0) is 6.54 Å². The molecule has 17 heavy (non-hydrogen) atoms. The Kier molecular flexibility index (Phi) is 5.14. The van der Waals surface area contributed by atoms with Crippen molar-refractivity contribution in [2.45, 2.75) is 19.5 Å². The van der Waals surface area contributed by atoms with Crippen LogP contribution in [0.15, 0.2) is 12.1 Å². The third-order valence-corrected chi connectivity index (χ3v) is 2.64. The van der Waals surface area contributed by atoms with Crippen molar-refractivity contribution >= 4 is 11.6 Å². The van der Waals surface area contributed by atoms with Gasteiger partial charge in [0.15, 0.2) is 11.5 Å². The molecule has 0 aliphatic rings. The zero-order chi connectivity index (χ0) is 12.8. The van der Waals surface area contributed by atoms with Crippen LogP contribution >= 0.6 is 11.6 Å². The van der Waals surface area contributed by atoms with Gasteiger partial charge in [-0.25, -0.2) is 0 Å². The summed E-state index contributed by atoms with van der Waals surface area (Å²) in [5.41, 5.74) is 0.995. The van der Waals surface area contributed by atoms with Crippen LogP contribution in [0.4, 0.5) is 0 Å². The van der Waals surface area contributed by atoms with Crippen molar-refractivity contribution in [3.8, 4) is 23.8 Å². The molecule has 1 aromatic carbocycles. The van der Waals surface area contributed by atoms with Gasteiger partial charge in [0.05, 0.1) is 25.3 Å². The molecule has 0 aliphatic heterocycles. The highest BCUT2D eigenvalue weighted by Crippen LogP contribution is 2.35. The molecule has 1 aromatic rings. The molecule has 1 rings (SSSR count). The molecule has 3 nitrogen and oxygen atoms in total. The molecular weight excluding hydrogens is 238 g/mol. The molecule has 0 saturated heterocycles. The number of ether oxygens (including phenoxy) is 2. The zero-order valence-electron chi connectivity index (χ0n) is 10.2. The highest BCUT2D eigenvalue weighted by molar-refractivity contribution is 6.32. The molecule has 0 bridgehead atoms. The lowest BCUT2D eigenvalue weighted by Crippen LogP contribution is -2.23. The minimum atomic E-state index is 0.0156.